The minimum atomic E-state index is -0.552. The molecule has 0 radical (unpaired) electrons. The van der Waals surface area contributed by atoms with Crippen molar-refractivity contribution < 1.29 is 18.7 Å². The molecule has 1 heterocycles. The number of amides is 2. The molecule has 1 unspecified atom stereocenters. The molecule has 1 aliphatic rings. The topological polar surface area (TPSA) is 70.7 Å². The van der Waals surface area contributed by atoms with Crippen molar-refractivity contribution in [1.82, 2.24) is 10.6 Å². The van der Waals surface area contributed by atoms with Crippen molar-refractivity contribution in [2.45, 2.75) is 19.6 Å². The third-order valence-electron chi connectivity index (χ3n) is 4.66. The zero-order valence-corrected chi connectivity index (χ0v) is 18.1. The maximum Gasteiger partial charge on any atom is 0.414 e. The van der Waals surface area contributed by atoms with Crippen molar-refractivity contribution >= 4 is 33.6 Å². The third kappa shape index (κ3) is 5.67. The molecule has 2 N–H and O–H groups in total. The first kappa shape index (κ1) is 22.0. The van der Waals surface area contributed by atoms with Gasteiger partial charge in [0.1, 0.15) is 11.9 Å². The van der Waals surface area contributed by atoms with Gasteiger partial charge in [-0.3, -0.25) is 9.69 Å². The number of halogens is 2. The Labute approximate surface area is 183 Å². The predicted octanol–water partition coefficient (Wildman–Crippen LogP) is 3.95. The van der Waals surface area contributed by atoms with Crippen LogP contribution in [0.15, 0.2) is 53.5 Å². The molecule has 6 nitrogen and oxygen atoms in total. The van der Waals surface area contributed by atoms with Gasteiger partial charge >= 0.3 is 6.09 Å². The smallest absolute Gasteiger partial charge is 0.414 e. The summed E-state index contributed by atoms with van der Waals surface area (Å²) in [4.78, 5) is 26.3. The number of anilines is 1. The van der Waals surface area contributed by atoms with Gasteiger partial charge in [-0.25, -0.2) is 9.18 Å². The van der Waals surface area contributed by atoms with Crippen molar-refractivity contribution in [3.05, 3.63) is 64.9 Å². The van der Waals surface area contributed by atoms with E-state index in [0.29, 0.717) is 11.3 Å². The van der Waals surface area contributed by atoms with Crippen LogP contribution in [0.3, 0.4) is 0 Å². The quantitative estimate of drug-likeness (QED) is 0.567. The molecule has 0 spiro atoms. The molecule has 2 amide bonds. The second kappa shape index (κ2) is 10.4. The first-order valence-electron chi connectivity index (χ1n) is 9.55. The SMILES string of the molecule is CC(=O)NCC1CN(c2ccc(-c3ccc(CNCC=CBr)cc3)c(F)c2)C(=O)O1. The number of nitrogens with one attached hydrogen (secondary N) is 2. The van der Waals surface area contributed by atoms with Gasteiger partial charge in [0.15, 0.2) is 0 Å². The summed E-state index contributed by atoms with van der Waals surface area (Å²) in [5.74, 6) is -0.614. The van der Waals surface area contributed by atoms with Gasteiger partial charge in [0, 0.05) is 25.6 Å². The van der Waals surface area contributed by atoms with Crippen LogP contribution < -0.4 is 15.5 Å². The van der Waals surface area contributed by atoms with E-state index in [1.165, 1.54) is 17.9 Å². The summed E-state index contributed by atoms with van der Waals surface area (Å²) in [6.45, 7) is 3.35. The number of nitrogens with zero attached hydrogens (tertiary/aromatic N) is 1. The Bertz CT molecular complexity index is 934. The molecular formula is C22H23BrFN3O3. The molecule has 2 aromatic carbocycles. The van der Waals surface area contributed by atoms with Crippen LogP contribution >= 0.6 is 15.9 Å². The van der Waals surface area contributed by atoms with Crippen LogP contribution in [-0.4, -0.2) is 37.7 Å². The number of carbonyl (C=O) groups is 2. The van der Waals surface area contributed by atoms with Gasteiger partial charge in [0.2, 0.25) is 5.91 Å². The average molecular weight is 476 g/mol. The fourth-order valence-electron chi connectivity index (χ4n) is 3.15. The number of carbonyl (C=O) groups excluding carboxylic acids is 2. The predicted molar refractivity (Wildman–Crippen MR) is 118 cm³/mol. The fourth-order valence-corrected chi connectivity index (χ4v) is 3.34. The Hall–Kier alpha value is -2.71. The molecule has 1 fully saturated rings. The summed E-state index contributed by atoms with van der Waals surface area (Å²) in [7, 11) is 0. The Balaban J connectivity index is 1.66. The molecule has 1 saturated heterocycles. The first-order chi connectivity index (χ1) is 14.5. The van der Waals surface area contributed by atoms with Crippen LogP contribution in [0.2, 0.25) is 0 Å². The Morgan fingerprint density at radius 1 is 1.30 bits per heavy atom. The highest BCUT2D eigenvalue weighted by molar-refractivity contribution is 9.11. The summed E-state index contributed by atoms with van der Waals surface area (Å²) < 4.78 is 20.0. The van der Waals surface area contributed by atoms with Crippen LogP contribution in [0.5, 0.6) is 0 Å². The van der Waals surface area contributed by atoms with E-state index in [2.05, 4.69) is 26.6 Å². The van der Waals surface area contributed by atoms with E-state index < -0.39 is 18.0 Å². The summed E-state index contributed by atoms with van der Waals surface area (Å²) in [6, 6.07) is 12.4. The number of hydrogen-bond acceptors (Lipinski definition) is 4. The van der Waals surface area contributed by atoms with E-state index in [4.69, 9.17) is 4.74 Å². The zero-order valence-electron chi connectivity index (χ0n) is 16.5. The molecule has 0 bridgehead atoms. The summed E-state index contributed by atoms with van der Waals surface area (Å²) in [5.41, 5.74) is 2.74. The third-order valence-corrected chi connectivity index (χ3v) is 5.04. The van der Waals surface area contributed by atoms with Crippen LogP contribution in [0.1, 0.15) is 12.5 Å². The Morgan fingerprint density at radius 2 is 2.07 bits per heavy atom. The number of rotatable bonds is 8. The summed E-state index contributed by atoms with van der Waals surface area (Å²) in [5, 5.41) is 5.89. The van der Waals surface area contributed by atoms with Gasteiger partial charge in [-0.05, 0) is 34.3 Å². The van der Waals surface area contributed by atoms with Crippen molar-refractivity contribution in [3.63, 3.8) is 0 Å². The van der Waals surface area contributed by atoms with E-state index in [1.807, 2.05) is 30.3 Å². The fraction of sp³-hybridized carbons (Fsp3) is 0.273. The zero-order chi connectivity index (χ0) is 21.5. The highest BCUT2D eigenvalue weighted by atomic mass is 79.9. The van der Waals surface area contributed by atoms with E-state index in [1.54, 1.807) is 17.1 Å². The van der Waals surface area contributed by atoms with E-state index in [0.717, 1.165) is 24.2 Å². The van der Waals surface area contributed by atoms with Crippen molar-refractivity contribution in [3.8, 4) is 11.1 Å². The highest BCUT2D eigenvalue weighted by Gasteiger charge is 2.32. The Morgan fingerprint density at radius 3 is 2.73 bits per heavy atom. The number of hydrogen-bond donors (Lipinski definition) is 2. The second-order valence-corrected chi connectivity index (χ2v) is 7.44. The lowest BCUT2D eigenvalue weighted by Crippen LogP contribution is -2.33. The molecule has 2 aromatic rings. The van der Waals surface area contributed by atoms with Gasteiger partial charge in [0.05, 0.1) is 18.8 Å². The maximum atomic E-state index is 14.8. The number of ether oxygens (including phenoxy) is 1. The minimum Gasteiger partial charge on any atom is -0.442 e. The molecule has 1 atom stereocenters. The second-order valence-electron chi connectivity index (χ2n) is 6.91. The molecule has 158 valence electrons. The van der Waals surface area contributed by atoms with Gasteiger partial charge < -0.3 is 15.4 Å². The number of cyclic esters (lactones) is 1. The average Bonchev–Trinajstić information content (AvgIpc) is 3.11. The maximum absolute atomic E-state index is 14.8. The first-order valence-corrected chi connectivity index (χ1v) is 10.5. The van der Waals surface area contributed by atoms with E-state index in [9.17, 15) is 14.0 Å². The van der Waals surface area contributed by atoms with E-state index >= 15 is 0 Å². The highest BCUT2D eigenvalue weighted by Crippen LogP contribution is 2.29. The molecule has 30 heavy (non-hydrogen) atoms. The lowest BCUT2D eigenvalue weighted by Gasteiger charge is -2.15. The summed E-state index contributed by atoms with van der Waals surface area (Å²) in [6.07, 6.45) is 0.947. The molecule has 1 aliphatic heterocycles. The molecule has 0 saturated carbocycles. The standard InChI is InChI=1S/C22H23BrFN3O3/c1-15(28)26-13-19-14-27(22(29)30-19)18-7-8-20(21(24)11-18)17-5-3-16(4-6-17)12-25-10-2-9-23/h2-9,11,19,25H,10,12-14H2,1H3,(H,26,28). The monoisotopic (exact) mass is 475 g/mol. The van der Waals surface area contributed by atoms with Crippen LogP contribution in [0, 0.1) is 5.82 Å². The van der Waals surface area contributed by atoms with Crippen molar-refractivity contribution in [1.29, 1.82) is 0 Å². The summed E-state index contributed by atoms with van der Waals surface area (Å²) >= 11 is 3.22. The molecular weight excluding hydrogens is 453 g/mol. The lowest BCUT2D eigenvalue weighted by atomic mass is 10.0. The normalized spacial score (nSPS) is 16.2. The van der Waals surface area contributed by atoms with Crippen molar-refractivity contribution in [2.75, 3.05) is 24.5 Å². The van der Waals surface area contributed by atoms with Crippen molar-refractivity contribution in [2.24, 2.45) is 0 Å². The minimum absolute atomic E-state index is 0.197. The van der Waals surface area contributed by atoms with Gasteiger partial charge in [0.25, 0.3) is 0 Å². The van der Waals surface area contributed by atoms with Gasteiger partial charge in [-0.1, -0.05) is 46.3 Å². The molecule has 3 rings (SSSR count). The lowest BCUT2D eigenvalue weighted by molar-refractivity contribution is -0.119. The van der Waals surface area contributed by atoms with Crippen LogP contribution in [0.25, 0.3) is 11.1 Å². The van der Waals surface area contributed by atoms with E-state index in [-0.39, 0.29) is 19.0 Å². The number of benzene rings is 2. The van der Waals surface area contributed by atoms with Crippen LogP contribution in [-0.2, 0) is 16.1 Å². The largest absolute Gasteiger partial charge is 0.442 e. The van der Waals surface area contributed by atoms with Crippen LogP contribution in [0.4, 0.5) is 14.9 Å². The molecule has 0 aromatic heterocycles. The van der Waals surface area contributed by atoms with Gasteiger partial charge in [-0.2, -0.15) is 0 Å². The Kier molecular flexibility index (Phi) is 7.59. The molecule has 0 aliphatic carbocycles. The van der Waals surface area contributed by atoms with Gasteiger partial charge in [-0.15, -0.1) is 0 Å². The molecule has 8 heteroatoms.